The average Bonchev–Trinajstić information content (AvgIpc) is 3.39. The van der Waals surface area contributed by atoms with Crippen molar-refractivity contribution in [3.05, 3.63) is 59.7 Å². The van der Waals surface area contributed by atoms with Crippen molar-refractivity contribution in [3.63, 3.8) is 0 Å². The highest BCUT2D eigenvalue weighted by Gasteiger charge is 2.25. The second kappa shape index (κ2) is 10.1. The zero-order valence-electron chi connectivity index (χ0n) is 18.0. The van der Waals surface area contributed by atoms with E-state index in [2.05, 4.69) is 39.8 Å². The normalized spacial score (nSPS) is 15.6. The molecule has 0 bridgehead atoms. The van der Waals surface area contributed by atoms with E-state index in [1.165, 1.54) is 22.7 Å². The number of aromatic nitrogens is 1. The summed E-state index contributed by atoms with van der Waals surface area (Å²) in [6.45, 7) is 5.28. The van der Waals surface area contributed by atoms with Crippen LogP contribution >= 0.6 is 0 Å². The van der Waals surface area contributed by atoms with Crippen LogP contribution in [0.4, 0.5) is 0 Å². The number of piperidine rings is 1. The van der Waals surface area contributed by atoms with Crippen LogP contribution in [-0.2, 0) is 22.6 Å². The van der Waals surface area contributed by atoms with Gasteiger partial charge in [-0.1, -0.05) is 18.2 Å². The topological polar surface area (TPSA) is 77.1 Å². The number of aromatic carboxylic acids is 1. The van der Waals surface area contributed by atoms with Crippen molar-refractivity contribution >= 4 is 16.9 Å². The molecule has 7 nitrogen and oxygen atoms in total. The fourth-order valence-electron chi connectivity index (χ4n) is 4.40. The van der Waals surface area contributed by atoms with E-state index in [1.807, 2.05) is 0 Å². The molecule has 1 aliphatic rings. The van der Waals surface area contributed by atoms with E-state index in [-0.39, 0.29) is 5.76 Å². The van der Waals surface area contributed by atoms with Crippen LogP contribution in [0, 0.1) is 0 Å². The standard InChI is InChI=1S/C24H30N2O5/c1-29-14-15-30-13-12-26-21-5-3-2-4-19(21)16-22(26)18-8-10-25(11-9-18)17-20-6-7-23(31-20)24(27)28/h2-7,16,18H,8-15,17H2,1H3,(H,27,28). The molecule has 3 heterocycles. The Bertz CT molecular complexity index is 1000. The fourth-order valence-corrected chi connectivity index (χ4v) is 4.40. The summed E-state index contributed by atoms with van der Waals surface area (Å²) in [5, 5.41) is 10.3. The number of fused-ring (bicyclic) bond motifs is 1. The van der Waals surface area contributed by atoms with Crippen LogP contribution in [0.15, 0.2) is 46.9 Å². The molecule has 3 aromatic rings. The number of methoxy groups -OCH3 is 1. The summed E-state index contributed by atoms with van der Waals surface area (Å²) in [5.41, 5.74) is 2.63. The minimum Gasteiger partial charge on any atom is -0.475 e. The van der Waals surface area contributed by atoms with Gasteiger partial charge in [-0.2, -0.15) is 0 Å². The summed E-state index contributed by atoms with van der Waals surface area (Å²) in [7, 11) is 1.68. The summed E-state index contributed by atoms with van der Waals surface area (Å²) >= 11 is 0. The van der Waals surface area contributed by atoms with E-state index >= 15 is 0 Å². The number of para-hydroxylation sites is 1. The number of carbonyl (C=O) groups is 1. The second-order valence-electron chi connectivity index (χ2n) is 8.01. The monoisotopic (exact) mass is 426 g/mol. The first-order valence-electron chi connectivity index (χ1n) is 10.8. The number of rotatable bonds is 10. The minimum absolute atomic E-state index is 0.00196. The lowest BCUT2D eigenvalue weighted by Crippen LogP contribution is -2.33. The maximum absolute atomic E-state index is 11.0. The van der Waals surface area contributed by atoms with Gasteiger partial charge in [-0.3, -0.25) is 4.90 Å². The van der Waals surface area contributed by atoms with Crippen molar-refractivity contribution in [1.29, 1.82) is 0 Å². The van der Waals surface area contributed by atoms with Crippen LogP contribution in [0.5, 0.6) is 0 Å². The zero-order chi connectivity index (χ0) is 21.6. The first-order chi connectivity index (χ1) is 15.2. The van der Waals surface area contributed by atoms with Crippen molar-refractivity contribution in [2.45, 2.75) is 31.8 Å². The number of carboxylic acid groups (broad SMARTS) is 1. The molecule has 4 rings (SSSR count). The van der Waals surface area contributed by atoms with Crippen LogP contribution in [0.25, 0.3) is 10.9 Å². The first kappa shape index (κ1) is 21.6. The number of benzene rings is 1. The van der Waals surface area contributed by atoms with Gasteiger partial charge in [0.2, 0.25) is 5.76 Å². The van der Waals surface area contributed by atoms with Crippen LogP contribution in [0.1, 0.15) is 40.8 Å². The van der Waals surface area contributed by atoms with E-state index in [0.29, 0.717) is 38.0 Å². The number of likely N-dealkylation sites (tertiary alicyclic amines) is 1. The first-order valence-corrected chi connectivity index (χ1v) is 10.8. The highest BCUT2D eigenvalue weighted by Crippen LogP contribution is 2.33. The van der Waals surface area contributed by atoms with Crippen LogP contribution in [-0.4, -0.2) is 60.6 Å². The lowest BCUT2D eigenvalue weighted by Gasteiger charge is -2.32. The summed E-state index contributed by atoms with van der Waals surface area (Å²) in [6.07, 6.45) is 2.13. The Morgan fingerprint density at radius 1 is 1.13 bits per heavy atom. The van der Waals surface area contributed by atoms with E-state index in [9.17, 15) is 4.79 Å². The van der Waals surface area contributed by atoms with Gasteiger partial charge in [-0.05, 0) is 55.6 Å². The van der Waals surface area contributed by atoms with Crippen molar-refractivity contribution in [2.24, 2.45) is 0 Å². The van der Waals surface area contributed by atoms with Gasteiger partial charge in [0.15, 0.2) is 0 Å². The maximum Gasteiger partial charge on any atom is 0.371 e. The minimum atomic E-state index is -1.02. The number of hydrogen-bond acceptors (Lipinski definition) is 5. The maximum atomic E-state index is 11.0. The molecule has 0 saturated carbocycles. The van der Waals surface area contributed by atoms with Crippen LogP contribution in [0.2, 0.25) is 0 Å². The third kappa shape index (κ3) is 5.18. The van der Waals surface area contributed by atoms with Crippen molar-refractivity contribution < 1.29 is 23.8 Å². The number of furan rings is 1. The van der Waals surface area contributed by atoms with Crippen molar-refractivity contribution in [1.82, 2.24) is 9.47 Å². The van der Waals surface area contributed by atoms with E-state index in [0.717, 1.165) is 32.5 Å². The number of nitrogens with zero attached hydrogens (tertiary/aromatic N) is 2. The molecular formula is C24H30N2O5. The Kier molecular flexibility index (Phi) is 7.06. The Balaban J connectivity index is 1.40. The molecule has 1 aromatic carbocycles. The van der Waals surface area contributed by atoms with E-state index in [4.69, 9.17) is 19.0 Å². The van der Waals surface area contributed by atoms with Crippen LogP contribution in [0.3, 0.4) is 0 Å². The summed E-state index contributed by atoms with van der Waals surface area (Å²) in [6, 6.07) is 14.1. The molecule has 0 unspecified atom stereocenters. The lowest BCUT2D eigenvalue weighted by molar-refractivity contribution is 0.0657. The van der Waals surface area contributed by atoms with Gasteiger partial charge < -0.3 is 23.6 Å². The molecule has 2 aromatic heterocycles. The van der Waals surface area contributed by atoms with Gasteiger partial charge in [0, 0.05) is 30.8 Å². The number of hydrogen-bond donors (Lipinski definition) is 1. The Morgan fingerprint density at radius 2 is 1.94 bits per heavy atom. The molecule has 0 radical (unpaired) electrons. The van der Waals surface area contributed by atoms with Crippen molar-refractivity contribution in [2.75, 3.05) is 40.0 Å². The molecule has 1 aliphatic heterocycles. The van der Waals surface area contributed by atoms with Crippen LogP contribution < -0.4 is 0 Å². The van der Waals surface area contributed by atoms with Gasteiger partial charge in [0.05, 0.1) is 26.4 Å². The predicted molar refractivity (Wildman–Crippen MR) is 118 cm³/mol. The Hall–Kier alpha value is -2.61. The highest BCUT2D eigenvalue weighted by atomic mass is 16.5. The largest absolute Gasteiger partial charge is 0.475 e. The van der Waals surface area contributed by atoms with Gasteiger partial charge in [-0.25, -0.2) is 4.79 Å². The molecule has 166 valence electrons. The zero-order valence-corrected chi connectivity index (χ0v) is 18.0. The molecule has 0 amide bonds. The molecule has 1 fully saturated rings. The molecule has 0 atom stereocenters. The molecule has 0 aliphatic carbocycles. The lowest BCUT2D eigenvalue weighted by atomic mass is 9.93. The molecule has 1 N–H and O–H groups in total. The molecule has 0 spiro atoms. The molecule has 31 heavy (non-hydrogen) atoms. The number of ether oxygens (including phenoxy) is 2. The molecular weight excluding hydrogens is 396 g/mol. The predicted octanol–water partition coefficient (Wildman–Crippen LogP) is 3.98. The van der Waals surface area contributed by atoms with Gasteiger partial charge in [-0.15, -0.1) is 0 Å². The SMILES string of the molecule is COCCOCCn1c(C2CCN(Cc3ccc(C(=O)O)o3)CC2)cc2ccccc21. The molecule has 1 saturated heterocycles. The van der Waals surface area contributed by atoms with Crippen molar-refractivity contribution in [3.8, 4) is 0 Å². The Morgan fingerprint density at radius 3 is 2.68 bits per heavy atom. The van der Waals surface area contributed by atoms with Gasteiger partial charge >= 0.3 is 5.97 Å². The second-order valence-corrected chi connectivity index (χ2v) is 8.01. The summed E-state index contributed by atoms with van der Waals surface area (Å²) in [4.78, 5) is 13.3. The Labute approximate surface area is 182 Å². The average molecular weight is 427 g/mol. The highest BCUT2D eigenvalue weighted by molar-refractivity contribution is 5.84. The summed E-state index contributed by atoms with van der Waals surface area (Å²) < 4.78 is 18.6. The fraction of sp³-hybridized carbons (Fsp3) is 0.458. The van der Waals surface area contributed by atoms with Gasteiger partial charge in [0.1, 0.15) is 5.76 Å². The quantitative estimate of drug-likeness (QED) is 0.494. The smallest absolute Gasteiger partial charge is 0.371 e. The third-order valence-electron chi connectivity index (χ3n) is 5.99. The summed E-state index contributed by atoms with van der Waals surface area (Å²) in [5.74, 6) is 0.179. The van der Waals surface area contributed by atoms with Gasteiger partial charge in [0.25, 0.3) is 0 Å². The molecule has 7 heteroatoms. The third-order valence-corrected chi connectivity index (χ3v) is 5.99. The van der Waals surface area contributed by atoms with E-state index in [1.54, 1.807) is 13.2 Å². The number of carboxylic acids is 1. The van der Waals surface area contributed by atoms with E-state index < -0.39 is 5.97 Å².